The molecule has 0 aliphatic rings. The Bertz CT molecular complexity index is 856. The Kier molecular flexibility index (Phi) is 17.9. The predicted molar refractivity (Wildman–Crippen MR) is 166 cm³/mol. The summed E-state index contributed by atoms with van der Waals surface area (Å²) in [6.45, 7) is 7.59. The van der Waals surface area contributed by atoms with Gasteiger partial charge in [0.2, 0.25) is 0 Å². The lowest BCUT2D eigenvalue weighted by molar-refractivity contribution is 0.0944. The third-order valence-electron chi connectivity index (χ3n) is 6.90. The molecule has 0 aliphatic carbocycles. The largest absolute Gasteiger partial charge is 0.370 e. The molecule has 8 heteroatoms. The fraction of sp³-hybridized carbons (Fsp3) is 0.625. The van der Waals surface area contributed by atoms with Gasteiger partial charge in [0, 0.05) is 38.6 Å². The maximum absolute atomic E-state index is 12.3. The van der Waals surface area contributed by atoms with Crippen LogP contribution in [0, 0.1) is 0 Å². The molecule has 0 saturated heterocycles. The summed E-state index contributed by atoms with van der Waals surface area (Å²) >= 11 is 0. The summed E-state index contributed by atoms with van der Waals surface area (Å²) in [5, 5.41) is 12.6. The lowest BCUT2D eigenvalue weighted by atomic mass is 10.1. The number of hydrogen-bond donors (Lipinski definition) is 4. The van der Waals surface area contributed by atoms with Crippen LogP contribution >= 0.6 is 0 Å². The number of nitrogens with zero attached hydrogens (tertiary/aromatic N) is 2. The van der Waals surface area contributed by atoms with E-state index in [0.717, 1.165) is 76.1 Å². The molecule has 40 heavy (non-hydrogen) atoms. The maximum Gasteiger partial charge on any atom is 0.252 e. The van der Waals surface area contributed by atoms with Gasteiger partial charge in [-0.05, 0) is 49.9 Å². The summed E-state index contributed by atoms with van der Waals surface area (Å²) in [5.74, 6) is 1.50. The molecule has 2 aromatic heterocycles. The van der Waals surface area contributed by atoms with Gasteiger partial charge in [-0.15, -0.1) is 0 Å². The Morgan fingerprint density at radius 1 is 0.525 bits per heavy atom. The zero-order chi connectivity index (χ0) is 28.7. The molecule has 0 spiro atoms. The third kappa shape index (κ3) is 14.8. The van der Waals surface area contributed by atoms with E-state index in [4.69, 9.17) is 0 Å². The molecule has 0 aromatic carbocycles. The highest BCUT2D eigenvalue weighted by molar-refractivity contribution is 5.94. The Hall–Kier alpha value is -3.16. The van der Waals surface area contributed by atoms with Crippen LogP contribution in [0.5, 0.6) is 0 Å². The summed E-state index contributed by atoms with van der Waals surface area (Å²) in [4.78, 5) is 33.4. The van der Waals surface area contributed by atoms with Crippen molar-refractivity contribution in [1.82, 2.24) is 20.6 Å². The molecule has 0 saturated carbocycles. The van der Waals surface area contributed by atoms with Gasteiger partial charge in [-0.2, -0.15) is 0 Å². The van der Waals surface area contributed by atoms with E-state index in [2.05, 4.69) is 45.1 Å². The van der Waals surface area contributed by atoms with Crippen molar-refractivity contribution in [3.05, 3.63) is 47.8 Å². The van der Waals surface area contributed by atoms with Crippen LogP contribution in [-0.4, -0.2) is 48.0 Å². The van der Waals surface area contributed by atoms with Gasteiger partial charge in [-0.3, -0.25) is 9.59 Å². The topological polar surface area (TPSA) is 108 Å². The lowest BCUT2D eigenvalue weighted by Crippen LogP contribution is -2.24. The quantitative estimate of drug-likeness (QED) is 0.111. The van der Waals surface area contributed by atoms with Crippen molar-refractivity contribution in [2.45, 2.75) is 104 Å². The van der Waals surface area contributed by atoms with Crippen molar-refractivity contribution < 1.29 is 9.59 Å². The highest BCUT2D eigenvalue weighted by atomic mass is 16.2. The van der Waals surface area contributed by atoms with Gasteiger partial charge in [0.05, 0.1) is 11.1 Å². The van der Waals surface area contributed by atoms with Crippen molar-refractivity contribution in [1.29, 1.82) is 0 Å². The highest BCUT2D eigenvalue weighted by Gasteiger charge is 2.07. The van der Waals surface area contributed by atoms with Crippen LogP contribution < -0.4 is 21.3 Å². The second-order valence-corrected chi connectivity index (χ2v) is 10.5. The molecule has 0 radical (unpaired) electrons. The van der Waals surface area contributed by atoms with Gasteiger partial charge in [0.1, 0.15) is 11.6 Å². The molecule has 0 bridgehead atoms. The summed E-state index contributed by atoms with van der Waals surface area (Å²) in [7, 11) is 0. The first kappa shape index (κ1) is 33.0. The minimum absolute atomic E-state index is 0.0683. The summed E-state index contributed by atoms with van der Waals surface area (Å²) in [6, 6.07) is 7.40. The van der Waals surface area contributed by atoms with Crippen LogP contribution in [-0.2, 0) is 0 Å². The number of amides is 2. The maximum atomic E-state index is 12.3. The first-order valence-corrected chi connectivity index (χ1v) is 15.6. The van der Waals surface area contributed by atoms with E-state index in [1.807, 2.05) is 24.3 Å². The molecule has 2 rings (SSSR count). The average Bonchev–Trinajstić information content (AvgIpc) is 2.98. The van der Waals surface area contributed by atoms with Crippen molar-refractivity contribution in [3.63, 3.8) is 0 Å². The molecular formula is C32H52N6O2. The number of carbonyl (C=O) groups excluding carboxylic acids is 2. The Morgan fingerprint density at radius 2 is 0.900 bits per heavy atom. The summed E-state index contributed by atoms with van der Waals surface area (Å²) in [6.07, 6.45) is 19.3. The van der Waals surface area contributed by atoms with Crippen LogP contribution in [0.1, 0.15) is 124 Å². The average molecular weight is 553 g/mol. The smallest absolute Gasteiger partial charge is 0.252 e. The predicted octanol–water partition coefficient (Wildman–Crippen LogP) is 6.96. The van der Waals surface area contributed by atoms with Gasteiger partial charge >= 0.3 is 0 Å². The number of carbonyl (C=O) groups is 2. The first-order valence-electron chi connectivity index (χ1n) is 15.6. The zero-order valence-corrected chi connectivity index (χ0v) is 24.9. The second kappa shape index (κ2) is 21.6. The summed E-state index contributed by atoms with van der Waals surface area (Å²) in [5.41, 5.74) is 1.19. The molecule has 2 amide bonds. The number of nitrogens with one attached hydrogen (secondary N) is 4. The van der Waals surface area contributed by atoms with Gasteiger partial charge < -0.3 is 21.3 Å². The SMILES string of the molecule is CCCCCCNc1ccc(C(=O)NCCCCCCCCNC(=O)c2ccc(NCCCCCC)nc2)cn1. The van der Waals surface area contributed by atoms with Crippen molar-refractivity contribution in [2.75, 3.05) is 36.8 Å². The molecule has 222 valence electrons. The number of unbranched alkanes of at least 4 members (excludes halogenated alkanes) is 11. The van der Waals surface area contributed by atoms with Crippen LogP contribution in [0.2, 0.25) is 0 Å². The Morgan fingerprint density at radius 3 is 1.27 bits per heavy atom. The van der Waals surface area contributed by atoms with Gasteiger partial charge in [0.25, 0.3) is 11.8 Å². The van der Waals surface area contributed by atoms with Crippen LogP contribution in [0.4, 0.5) is 11.6 Å². The molecule has 4 N–H and O–H groups in total. The van der Waals surface area contributed by atoms with E-state index in [-0.39, 0.29) is 11.8 Å². The second-order valence-electron chi connectivity index (χ2n) is 10.5. The molecule has 0 aliphatic heterocycles. The fourth-order valence-electron chi connectivity index (χ4n) is 4.37. The van der Waals surface area contributed by atoms with E-state index < -0.39 is 0 Å². The normalized spacial score (nSPS) is 10.8. The molecule has 2 heterocycles. The molecule has 0 atom stereocenters. The molecule has 0 fully saturated rings. The minimum atomic E-state index is -0.0683. The van der Waals surface area contributed by atoms with Gasteiger partial charge in [0.15, 0.2) is 0 Å². The molecule has 0 unspecified atom stereocenters. The molecule has 8 nitrogen and oxygen atoms in total. The van der Waals surface area contributed by atoms with Crippen molar-refractivity contribution in [2.24, 2.45) is 0 Å². The van der Waals surface area contributed by atoms with Crippen LogP contribution in [0.3, 0.4) is 0 Å². The van der Waals surface area contributed by atoms with Crippen LogP contribution in [0.25, 0.3) is 0 Å². The van der Waals surface area contributed by atoms with E-state index >= 15 is 0 Å². The highest BCUT2D eigenvalue weighted by Crippen LogP contribution is 2.09. The minimum Gasteiger partial charge on any atom is -0.370 e. The van der Waals surface area contributed by atoms with Crippen molar-refractivity contribution >= 4 is 23.5 Å². The monoisotopic (exact) mass is 552 g/mol. The van der Waals surface area contributed by atoms with Crippen LogP contribution in [0.15, 0.2) is 36.7 Å². The number of aromatic nitrogens is 2. The van der Waals surface area contributed by atoms with E-state index in [1.54, 1.807) is 12.4 Å². The first-order chi connectivity index (χ1) is 19.6. The van der Waals surface area contributed by atoms with Gasteiger partial charge in [-0.25, -0.2) is 9.97 Å². The van der Waals surface area contributed by atoms with Crippen molar-refractivity contribution in [3.8, 4) is 0 Å². The van der Waals surface area contributed by atoms with E-state index in [1.165, 1.54) is 38.5 Å². The number of pyridine rings is 2. The number of hydrogen-bond acceptors (Lipinski definition) is 6. The number of rotatable bonds is 23. The fourth-order valence-corrected chi connectivity index (χ4v) is 4.37. The third-order valence-corrected chi connectivity index (χ3v) is 6.90. The number of anilines is 2. The van der Waals surface area contributed by atoms with E-state index in [9.17, 15) is 9.59 Å². The molecular weight excluding hydrogens is 500 g/mol. The summed E-state index contributed by atoms with van der Waals surface area (Å²) < 4.78 is 0. The Balaban J connectivity index is 1.45. The van der Waals surface area contributed by atoms with Gasteiger partial charge in [-0.1, -0.05) is 78.1 Å². The lowest BCUT2D eigenvalue weighted by Gasteiger charge is -2.08. The molecule has 2 aromatic rings. The zero-order valence-electron chi connectivity index (χ0n) is 24.9. The van der Waals surface area contributed by atoms with E-state index in [0.29, 0.717) is 24.2 Å². The standard InChI is InChI=1S/C32H52N6O2/c1-3-5-7-13-21-33-29-19-17-27(25-37-29)31(39)35-23-15-11-9-10-12-16-24-36-32(40)28-18-20-30(38-26-28)34-22-14-8-6-4-2/h17-20,25-26H,3-16,21-24H2,1-2H3,(H,33,37)(H,34,38)(H,35,39)(H,36,40). The Labute approximate surface area is 241 Å².